The van der Waals surface area contributed by atoms with E-state index in [0.29, 0.717) is 0 Å². The number of ether oxygens (including phenoxy) is 1. The minimum atomic E-state index is -1.92. The monoisotopic (exact) mass is 546 g/mol. The summed E-state index contributed by atoms with van der Waals surface area (Å²) in [6.45, 7) is -0.0440. The van der Waals surface area contributed by atoms with E-state index in [1.54, 1.807) is 12.1 Å². The first kappa shape index (κ1) is 29.2. The van der Waals surface area contributed by atoms with Gasteiger partial charge in [-0.15, -0.1) is 0 Å². The molecule has 2 amide bonds. The molecule has 2 rings (SSSR count). The summed E-state index contributed by atoms with van der Waals surface area (Å²) < 4.78 is 58.5. The maximum Gasteiger partial charge on any atom is 0.305 e. The van der Waals surface area contributed by atoms with Crippen molar-refractivity contribution in [3.63, 3.8) is 0 Å². The topological polar surface area (TPSA) is 139 Å². The summed E-state index contributed by atoms with van der Waals surface area (Å²) in [6, 6.07) is 4.17. The van der Waals surface area contributed by atoms with Crippen molar-refractivity contribution >= 4 is 46.6 Å². The number of benzene rings is 2. The van der Waals surface area contributed by atoms with E-state index in [1.165, 1.54) is 19.1 Å². The van der Waals surface area contributed by atoms with Crippen molar-refractivity contribution in [3.05, 3.63) is 58.6 Å². The number of anilines is 1. The van der Waals surface area contributed by atoms with Crippen molar-refractivity contribution in [1.29, 1.82) is 0 Å². The number of carboxylic acids is 1. The molecule has 198 valence electrons. The second-order valence-corrected chi connectivity index (χ2v) is 8.08. The Hall–Kier alpha value is -4.00. The van der Waals surface area contributed by atoms with Gasteiger partial charge in [0.2, 0.25) is 23.3 Å². The molecule has 3 N–H and O–H groups in total. The van der Waals surface area contributed by atoms with Gasteiger partial charge in [-0.2, -0.15) is 8.78 Å². The van der Waals surface area contributed by atoms with Crippen LogP contribution in [0.25, 0.3) is 0 Å². The molecule has 37 heavy (non-hydrogen) atoms. The van der Waals surface area contributed by atoms with Gasteiger partial charge >= 0.3 is 5.97 Å². The number of aliphatic carboxylic acids is 1. The Morgan fingerprint density at radius 3 is 2.16 bits per heavy atom. The summed E-state index contributed by atoms with van der Waals surface area (Å²) in [4.78, 5) is 60.3. The zero-order chi connectivity index (χ0) is 27.9. The molecule has 0 bridgehead atoms. The fraction of sp³-hybridized carbons (Fsp3) is 0.261. The SMILES string of the molecule is C[C@H](CC(=O)C(=O)Nc1ccccc1Cl)C(=O)N[C@@H](CC(=O)O)C(=O)COc1c(F)c(F)cc(F)c1F. The standard InChI is InChI=1S/C23H19ClF4N2O7/c1-10(6-16(31)23(36)29-14-5-3-2-4-11(14)24)22(35)30-15(8-18(33)34)17(32)9-37-21-19(27)12(25)7-13(26)20(21)28/h2-5,7,10,15H,6,8-9H2,1H3,(H,29,36)(H,30,35)(H,33,34)/t10-,15+/m1/s1. The summed E-state index contributed by atoms with van der Waals surface area (Å²) in [5.41, 5.74) is 0.151. The van der Waals surface area contributed by atoms with Gasteiger partial charge in [0.05, 0.1) is 17.1 Å². The van der Waals surface area contributed by atoms with E-state index >= 15 is 0 Å². The highest BCUT2D eigenvalue weighted by Gasteiger charge is 2.29. The van der Waals surface area contributed by atoms with E-state index in [4.69, 9.17) is 16.7 Å². The van der Waals surface area contributed by atoms with Gasteiger partial charge in [0, 0.05) is 18.4 Å². The van der Waals surface area contributed by atoms with E-state index < -0.39 is 89.8 Å². The number of carbonyl (C=O) groups excluding carboxylic acids is 4. The third-order valence-electron chi connectivity index (χ3n) is 4.83. The van der Waals surface area contributed by atoms with E-state index in [9.17, 15) is 41.5 Å². The van der Waals surface area contributed by atoms with Gasteiger partial charge in [-0.05, 0) is 12.1 Å². The van der Waals surface area contributed by atoms with Crippen LogP contribution in [-0.4, -0.2) is 47.1 Å². The van der Waals surface area contributed by atoms with E-state index in [1.807, 2.05) is 5.32 Å². The molecule has 0 heterocycles. The highest BCUT2D eigenvalue weighted by molar-refractivity contribution is 6.42. The number of rotatable bonds is 12. The molecule has 14 heteroatoms. The Bertz CT molecular complexity index is 1220. The van der Waals surface area contributed by atoms with Crippen LogP contribution in [0, 0.1) is 29.2 Å². The molecule has 2 atom stereocenters. The van der Waals surface area contributed by atoms with Gasteiger partial charge in [0.15, 0.2) is 23.2 Å². The Morgan fingerprint density at radius 2 is 1.59 bits per heavy atom. The number of Topliss-reactive ketones (excluding diaryl/α,β-unsaturated/α-hetero) is 2. The zero-order valence-electron chi connectivity index (χ0n) is 18.9. The number of halogens is 5. The second-order valence-electron chi connectivity index (χ2n) is 7.67. The van der Waals surface area contributed by atoms with E-state index in [-0.39, 0.29) is 16.8 Å². The van der Waals surface area contributed by atoms with Crippen LogP contribution in [0.15, 0.2) is 30.3 Å². The maximum absolute atomic E-state index is 13.7. The lowest BCUT2D eigenvalue weighted by Crippen LogP contribution is -2.46. The summed E-state index contributed by atoms with van der Waals surface area (Å²) in [5.74, 6) is -16.1. The summed E-state index contributed by atoms with van der Waals surface area (Å²) >= 11 is 5.90. The number of para-hydroxylation sites is 1. The molecule has 0 aliphatic carbocycles. The molecular weight excluding hydrogens is 528 g/mol. The van der Waals surface area contributed by atoms with Gasteiger partial charge < -0.3 is 20.5 Å². The number of amides is 2. The number of hydrogen-bond acceptors (Lipinski definition) is 6. The van der Waals surface area contributed by atoms with E-state index in [2.05, 4.69) is 10.1 Å². The van der Waals surface area contributed by atoms with Crippen LogP contribution in [0.1, 0.15) is 19.8 Å². The first-order chi connectivity index (χ1) is 17.3. The highest BCUT2D eigenvalue weighted by atomic mass is 35.5. The van der Waals surface area contributed by atoms with Crippen LogP contribution in [0.2, 0.25) is 5.02 Å². The normalized spacial score (nSPS) is 12.3. The van der Waals surface area contributed by atoms with Crippen molar-refractivity contribution in [2.75, 3.05) is 11.9 Å². The number of hydrogen-bond donors (Lipinski definition) is 3. The van der Waals surface area contributed by atoms with Crippen molar-refractivity contribution in [2.24, 2.45) is 5.92 Å². The lowest BCUT2D eigenvalue weighted by atomic mass is 10.0. The van der Waals surface area contributed by atoms with Gasteiger partial charge in [-0.3, -0.25) is 24.0 Å². The molecule has 0 aliphatic heterocycles. The van der Waals surface area contributed by atoms with Crippen LogP contribution in [0.5, 0.6) is 5.75 Å². The maximum atomic E-state index is 13.7. The Morgan fingerprint density at radius 1 is 1.00 bits per heavy atom. The molecule has 9 nitrogen and oxygen atoms in total. The average Bonchev–Trinajstić information content (AvgIpc) is 2.83. The molecule has 2 aromatic carbocycles. The van der Waals surface area contributed by atoms with Crippen molar-refractivity contribution in [1.82, 2.24) is 5.32 Å². The van der Waals surface area contributed by atoms with Crippen LogP contribution < -0.4 is 15.4 Å². The summed E-state index contributed by atoms with van der Waals surface area (Å²) in [6.07, 6.45) is -1.63. The minimum absolute atomic E-state index is 0.0792. The van der Waals surface area contributed by atoms with Crippen LogP contribution in [0.3, 0.4) is 0 Å². The van der Waals surface area contributed by atoms with Gasteiger partial charge in [-0.25, -0.2) is 8.78 Å². The third-order valence-corrected chi connectivity index (χ3v) is 5.16. The lowest BCUT2D eigenvalue weighted by molar-refractivity contribution is -0.141. The molecule has 0 aliphatic rings. The fourth-order valence-corrected chi connectivity index (χ4v) is 3.06. The third kappa shape index (κ3) is 8.00. The van der Waals surface area contributed by atoms with Crippen LogP contribution >= 0.6 is 11.6 Å². The Kier molecular flexibility index (Phi) is 10.1. The van der Waals surface area contributed by atoms with E-state index in [0.717, 1.165) is 0 Å². The van der Waals surface area contributed by atoms with Crippen LogP contribution in [-0.2, 0) is 24.0 Å². The molecular formula is C23H19ClF4N2O7. The largest absolute Gasteiger partial charge is 0.481 e. The molecule has 0 radical (unpaired) electrons. The molecule has 0 spiro atoms. The molecule has 0 aromatic heterocycles. The predicted molar refractivity (Wildman–Crippen MR) is 120 cm³/mol. The molecule has 0 saturated heterocycles. The van der Waals surface area contributed by atoms with Crippen molar-refractivity contribution in [2.45, 2.75) is 25.8 Å². The fourth-order valence-electron chi connectivity index (χ4n) is 2.87. The van der Waals surface area contributed by atoms with Gasteiger partial charge in [0.1, 0.15) is 12.6 Å². The molecule has 0 unspecified atom stereocenters. The average molecular weight is 547 g/mol. The Labute approximate surface area is 211 Å². The number of ketones is 2. The Balaban J connectivity index is 2.02. The summed E-state index contributed by atoms with van der Waals surface area (Å²) in [5, 5.41) is 13.5. The number of carboxylic acid groups (broad SMARTS) is 1. The zero-order valence-corrected chi connectivity index (χ0v) is 19.7. The van der Waals surface area contributed by atoms with Crippen molar-refractivity contribution in [3.8, 4) is 5.75 Å². The predicted octanol–water partition coefficient (Wildman–Crippen LogP) is 3.04. The summed E-state index contributed by atoms with van der Waals surface area (Å²) in [7, 11) is 0. The second kappa shape index (κ2) is 12.8. The smallest absolute Gasteiger partial charge is 0.305 e. The highest BCUT2D eigenvalue weighted by Crippen LogP contribution is 2.26. The first-order valence-corrected chi connectivity index (χ1v) is 10.8. The van der Waals surface area contributed by atoms with Gasteiger partial charge in [-0.1, -0.05) is 30.7 Å². The van der Waals surface area contributed by atoms with Crippen LogP contribution in [0.4, 0.5) is 23.2 Å². The molecule has 0 saturated carbocycles. The lowest BCUT2D eigenvalue weighted by Gasteiger charge is -2.19. The number of carbonyl (C=O) groups is 5. The quantitative estimate of drug-likeness (QED) is 0.211. The number of nitrogens with one attached hydrogen (secondary N) is 2. The van der Waals surface area contributed by atoms with Crippen molar-refractivity contribution < 1.29 is 51.4 Å². The molecule has 2 aromatic rings. The first-order valence-electron chi connectivity index (χ1n) is 10.4. The minimum Gasteiger partial charge on any atom is -0.481 e. The molecule has 0 fully saturated rings. The van der Waals surface area contributed by atoms with Gasteiger partial charge in [0.25, 0.3) is 5.91 Å².